The molecule has 144 valence electrons. The van der Waals surface area contributed by atoms with Gasteiger partial charge in [-0.25, -0.2) is 4.79 Å². The number of benzene rings is 1. The Morgan fingerprint density at radius 3 is 2.42 bits per heavy atom. The number of nitrogens with one attached hydrogen (secondary N) is 2. The van der Waals surface area contributed by atoms with E-state index in [4.69, 9.17) is 17.3 Å². The third kappa shape index (κ3) is 6.18. The number of halogens is 1. The standard InChI is InChI=1S/C19H29ClN4O2/c1-3-13(2)17(23-19(21)26)18(25)22-16-8-10-24(11-9-16)12-14-4-6-15(20)7-5-14/h4-7,13,16-17H,3,8-12H2,1-2H3,(H,22,25)(H3,21,23,26). The number of urea groups is 1. The second kappa shape index (κ2) is 9.78. The van der Waals surface area contributed by atoms with E-state index < -0.39 is 12.1 Å². The highest BCUT2D eigenvalue weighted by Gasteiger charge is 2.28. The van der Waals surface area contributed by atoms with Gasteiger partial charge in [0.1, 0.15) is 6.04 Å². The molecule has 0 aliphatic carbocycles. The molecule has 0 bridgehead atoms. The predicted molar refractivity (Wildman–Crippen MR) is 104 cm³/mol. The lowest BCUT2D eigenvalue weighted by Gasteiger charge is -2.33. The summed E-state index contributed by atoms with van der Waals surface area (Å²) in [5.74, 6) is -0.109. The minimum absolute atomic E-state index is 0.0347. The molecule has 3 amide bonds. The van der Waals surface area contributed by atoms with E-state index in [9.17, 15) is 9.59 Å². The normalized spacial score (nSPS) is 18.1. The lowest BCUT2D eigenvalue weighted by Crippen LogP contribution is -2.55. The molecular formula is C19H29ClN4O2. The van der Waals surface area contributed by atoms with Gasteiger partial charge < -0.3 is 16.4 Å². The van der Waals surface area contributed by atoms with Gasteiger partial charge in [-0.1, -0.05) is 44.0 Å². The minimum Gasteiger partial charge on any atom is -0.352 e. The van der Waals surface area contributed by atoms with Gasteiger partial charge in [0.15, 0.2) is 0 Å². The van der Waals surface area contributed by atoms with Crippen LogP contribution in [0, 0.1) is 5.92 Å². The summed E-state index contributed by atoms with van der Waals surface area (Å²) in [5.41, 5.74) is 6.45. The number of piperidine rings is 1. The molecule has 1 saturated heterocycles. The van der Waals surface area contributed by atoms with Gasteiger partial charge in [-0.05, 0) is 36.5 Å². The third-order valence-corrected chi connectivity index (χ3v) is 5.30. The van der Waals surface area contributed by atoms with Crippen LogP contribution in [-0.2, 0) is 11.3 Å². The van der Waals surface area contributed by atoms with Crippen LogP contribution in [0.5, 0.6) is 0 Å². The molecule has 26 heavy (non-hydrogen) atoms. The first-order chi connectivity index (χ1) is 12.4. The molecule has 0 radical (unpaired) electrons. The number of likely N-dealkylation sites (tertiary alicyclic amines) is 1. The second-order valence-corrected chi connectivity index (χ2v) is 7.49. The summed E-state index contributed by atoms with van der Waals surface area (Å²) in [4.78, 5) is 26.1. The molecule has 4 N–H and O–H groups in total. The monoisotopic (exact) mass is 380 g/mol. The number of carbonyl (C=O) groups is 2. The molecule has 1 fully saturated rings. The first kappa shape index (κ1) is 20.5. The van der Waals surface area contributed by atoms with Crippen molar-refractivity contribution < 1.29 is 9.59 Å². The fraction of sp³-hybridized carbons (Fsp3) is 0.579. The average Bonchev–Trinajstić information content (AvgIpc) is 2.62. The summed E-state index contributed by atoms with van der Waals surface area (Å²) in [6, 6.07) is 6.79. The highest BCUT2D eigenvalue weighted by atomic mass is 35.5. The molecule has 2 unspecified atom stereocenters. The van der Waals surface area contributed by atoms with Gasteiger partial charge in [0, 0.05) is 30.7 Å². The van der Waals surface area contributed by atoms with E-state index in [0.717, 1.165) is 43.9 Å². The van der Waals surface area contributed by atoms with Gasteiger partial charge in [0.25, 0.3) is 0 Å². The van der Waals surface area contributed by atoms with E-state index >= 15 is 0 Å². The topological polar surface area (TPSA) is 87.5 Å². The number of carbonyl (C=O) groups excluding carboxylic acids is 2. The molecule has 1 aromatic rings. The lowest BCUT2D eigenvalue weighted by molar-refractivity contribution is -0.125. The van der Waals surface area contributed by atoms with Crippen molar-refractivity contribution >= 4 is 23.5 Å². The highest BCUT2D eigenvalue weighted by molar-refractivity contribution is 6.30. The average molecular weight is 381 g/mol. The Morgan fingerprint density at radius 2 is 1.88 bits per heavy atom. The van der Waals surface area contributed by atoms with Crippen LogP contribution in [0.3, 0.4) is 0 Å². The summed E-state index contributed by atoms with van der Waals surface area (Å²) in [7, 11) is 0. The number of nitrogens with two attached hydrogens (primary N) is 1. The van der Waals surface area contributed by atoms with Crippen molar-refractivity contribution in [3.63, 3.8) is 0 Å². The minimum atomic E-state index is -0.664. The van der Waals surface area contributed by atoms with Gasteiger partial charge >= 0.3 is 6.03 Å². The summed E-state index contributed by atoms with van der Waals surface area (Å²) in [5, 5.41) is 6.40. The molecule has 2 atom stereocenters. The van der Waals surface area contributed by atoms with E-state index in [1.54, 1.807) is 0 Å². The maximum Gasteiger partial charge on any atom is 0.312 e. The van der Waals surface area contributed by atoms with Crippen LogP contribution in [0.25, 0.3) is 0 Å². The summed E-state index contributed by atoms with van der Waals surface area (Å²) in [6.45, 7) is 6.66. The number of hydrogen-bond acceptors (Lipinski definition) is 3. The number of primary amides is 1. The van der Waals surface area contributed by atoms with Crippen LogP contribution >= 0.6 is 11.6 Å². The molecular weight excluding hydrogens is 352 g/mol. The molecule has 1 aliphatic rings. The Labute approximate surface area is 160 Å². The summed E-state index contributed by atoms with van der Waals surface area (Å²) >= 11 is 5.92. The Bertz CT molecular complexity index is 600. The van der Waals surface area contributed by atoms with Crippen LogP contribution in [-0.4, -0.2) is 42.0 Å². The maximum atomic E-state index is 12.5. The van der Waals surface area contributed by atoms with E-state index in [1.807, 2.05) is 38.1 Å². The third-order valence-electron chi connectivity index (χ3n) is 5.05. The zero-order valence-corrected chi connectivity index (χ0v) is 16.3. The quantitative estimate of drug-likeness (QED) is 0.679. The van der Waals surface area contributed by atoms with Crippen LogP contribution in [0.15, 0.2) is 24.3 Å². The smallest absolute Gasteiger partial charge is 0.312 e. The Kier molecular flexibility index (Phi) is 7.72. The zero-order chi connectivity index (χ0) is 19.1. The van der Waals surface area contributed by atoms with E-state index in [1.165, 1.54) is 5.56 Å². The highest BCUT2D eigenvalue weighted by Crippen LogP contribution is 2.16. The largest absolute Gasteiger partial charge is 0.352 e. The second-order valence-electron chi connectivity index (χ2n) is 7.06. The summed E-state index contributed by atoms with van der Waals surface area (Å²) < 4.78 is 0. The van der Waals surface area contributed by atoms with E-state index in [-0.39, 0.29) is 17.9 Å². The van der Waals surface area contributed by atoms with Crippen molar-refractivity contribution in [2.45, 2.75) is 51.7 Å². The van der Waals surface area contributed by atoms with Gasteiger partial charge in [0.05, 0.1) is 0 Å². The lowest BCUT2D eigenvalue weighted by atomic mass is 9.97. The SMILES string of the molecule is CCC(C)C(NC(N)=O)C(=O)NC1CCN(Cc2ccc(Cl)cc2)CC1. The number of nitrogens with zero attached hydrogens (tertiary/aromatic N) is 1. The first-order valence-electron chi connectivity index (χ1n) is 9.22. The van der Waals surface area contributed by atoms with Gasteiger partial charge in [-0.3, -0.25) is 9.69 Å². The molecule has 0 spiro atoms. The van der Waals surface area contributed by atoms with Gasteiger partial charge in [-0.15, -0.1) is 0 Å². The van der Waals surface area contributed by atoms with Crippen LogP contribution in [0.1, 0.15) is 38.7 Å². The van der Waals surface area contributed by atoms with Crippen LogP contribution in [0.2, 0.25) is 5.02 Å². The van der Waals surface area contributed by atoms with Crippen LogP contribution in [0.4, 0.5) is 4.79 Å². The maximum absolute atomic E-state index is 12.5. The molecule has 2 rings (SSSR count). The van der Waals surface area contributed by atoms with Crippen molar-refractivity contribution in [3.8, 4) is 0 Å². The van der Waals surface area contributed by atoms with Crippen LogP contribution < -0.4 is 16.4 Å². The molecule has 0 aromatic heterocycles. The number of amides is 3. The molecule has 0 saturated carbocycles. The first-order valence-corrected chi connectivity index (χ1v) is 9.60. The van der Waals surface area contributed by atoms with E-state index in [0.29, 0.717) is 0 Å². The molecule has 1 aliphatic heterocycles. The fourth-order valence-corrected chi connectivity index (χ4v) is 3.36. The van der Waals surface area contributed by atoms with Crippen molar-refractivity contribution in [1.82, 2.24) is 15.5 Å². The Hall–Kier alpha value is -1.79. The zero-order valence-electron chi connectivity index (χ0n) is 15.5. The molecule has 1 heterocycles. The van der Waals surface area contributed by atoms with Gasteiger partial charge in [-0.2, -0.15) is 0 Å². The number of rotatable bonds is 7. The number of hydrogen-bond donors (Lipinski definition) is 3. The van der Waals surface area contributed by atoms with Crippen molar-refractivity contribution in [1.29, 1.82) is 0 Å². The molecule has 7 heteroatoms. The van der Waals surface area contributed by atoms with Crippen molar-refractivity contribution in [2.24, 2.45) is 11.7 Å². The predicted octanol–water partition coefficient (Wildman–Crippen LogP) is 2.50. The van der Waals surface area contributed by atoms with E-state index in [2.05, 4.69) is 15.5 Å². The van der Waals surface area contributed by atoms with Crippen molar-refractivity contribution in [3.05, 3.63) is 34.9 Å². The van der Waals surface area contributed by atoms with Gasteiger partial charge in [0.2, 0.25) is 5.91 Å². The molecule has 1 aromatic carbocycles. The van der Waals surface area contributed by atoms with Crippen molar-refractivity contribution in [2.75, 3.05) is 13.1 Å². The molecule has 6 nitrogen and oxygen atoms in total. The fourth-order valence-electron chi connectivity index (χ4n) is 3.23. The Morgan fingerprint density at radius 1 is 1.27 bits per heavy atom. The summed E-state index contributed by atoms with van der Waals surface area (Å²) in [6.07, 6.45) is 2.57. The Balaban J connectivity index is 1.82.